The molecular formula is C11H19NO2. The molecule has 3 nitrogen and oxygen atoms in total. The molecule has 1 N–H and O–H groups in total. The van der Waals surface area contributed by atoms with Gasteiger partial charge in [-0.1, -0.05) is 0 Å². The quantitative estimate of drug-likeness (QED) is 0.786. The van der Waals surface area contributed by atoms with E-state index in [0.717, 1.165) is 0 Å². The number of methoxy groups -OCH3 is 1. The number of hydrogen-bond donors (Lipinski definition) is 1. The topological polar surface area (TPSA) is 34.4 Å². The van der Waals surface area contributed by atoms with E-state index in [4.69, 9.17) is 9.15 Å². The van der Waals surface area contributed by atoms with Crippen molar-refractivity contribution in [3.8, 4) is 0 Å². The summed E-state index contributed by atoms with van der Waals surface area (Å²) in [5.41, 5.74) is 1.17. The van der Waals surface area contributed by atoms with Gasteiger partial charge >= 0.3 is 0 Å². The highest BCUT2D eigenvalue weighted by molar-refractivity contribution is 5.10. The fourth-order valence-corrected chi connectivity index (χ4v) is 1.35. The summed E-state index contributed by atoms with van der Waals surface area (Å²) in [4.78, 5) is 0. The van der Waals surface area contributed by atoms with Crippen molar-refractivity contribution in [2.45, 2.75) is 39.0 Å². The maximum atomic E-state index is 5.24. The maximum absolute atomic E-state index is 5.24. The molecule has 0 aliphatic rings. The van der Waals surface area contributed by atoms with E-state index in [1.807, 2.05) is 6.07 Å². The summed E-state index contributed by atoms with van der Waals surface area (Å²) in [6.07, 6.45) is 3.67. The van der Waals surface area contributed by atoms with Crippen LogP contribution in [0.5, 0.6) is 0 Å². The molecule has 1 aromatic rings. The smallest absolute Gasteiger partial charge is 0.0950 e. The van der Waals surface area contributed by atoms with Crippen molar-refractivity contribution in [2.24, 2.45) is 0 Å². The SMILES string of the molecule is COC(C)C(C)NC(C)c1ccoc1. The lowest BCUT2D eigenvalue weighted by Crippen LogP contribution is -2.38. The van der Waals surface area contributed by atoms with Crippen molar-refractivity contribution in [2.75, 3.05) is 7.11 Å². The minimum absolute atomic E-state index is 0.212. The standard InChI is InChI=1S/C11H19NO2/c1-8(10(3)13-4)12-9(2)11-5-6-14-7-11/h5-10,12H,1-4H3. The Morgan fingerprint density at radius 1 is 1.36 bits per heavy atom. The Labute approximate surface area is 85.4 Å². The Morgan fingerprint density at radius 2 is 2.07 bits per heavy atom. The molecule has 1 heterocycles. The van der Waals surface area contributed by atoms with Crippen molar-refractivity contribution < 1.29 is 9.15 Å². The predicted molar refractivity (Wildman–Crippen MR) is 56.2 cm³/mol. The summed E-state index contributed by atoms with van der Waals surface area (Å²) in [5.74, 6) is 0. The van der Waals surface area contributed by atoms with Crippen LogP contribution in [-0.2, 0) is 4.74 Å². The molecule has 0 spiro atoms. The van der Waals surface area contributed by atoms with Gasteiger partial charge in [-0.15, -0.1) is 0 Å². The van der Waals surface area contributed by atoms with Gasteiger partial charge in [0, 0.05) is 24.8 Å². The Kier molecular flexibility index (Phi) is 4.17. The summed E-state index contributed by atoms with van der Waals surface area (Å²) in [5, 5.41) is 3.45. The lowest BCUT2D eigenvalue weighted by molar-refractivity contribution is 0.0852. The number of nitrogens with one attached hydrogen (secondary N) is 1. The maximum Gasteiger partial charge on any atom is 0.0950 e. The number of rotatable bonds is 5. The van der Waals surface area contributed by atoms with Gasteiger partial charge in [0.25, 0.3) is 0 Å². The molecule has 0 aromatic carbocycles. The van der Waals surface area contributed by atoms with Gasteiger partial charge in [0.1, 0.15) is 0 Å². The summed E-state index contributed by atoms with van der Waals surface area (Å²) in [6.45, 7) is 6.29. The van der Waals surface area contributed by atoms with E-state index in [1.54, 1.807) is 19.6 Å². The molecule has 0 fully saturated rings. The molecule has 14 heavy (non-hydrogen) atoms. The van der Waals surface area contributed by atoms with Crippen LogP contribution in [0.15, 0.2) is 23.0 Å². The Hall–Kier alpha value is -0.800. The molecular weight excluding hydrogens is 178 g/mol. The first-order chi connectivity index (χ1) is 6.65. The Morgan fingerprint density at radius 3 is 2.57 bits per heavy atom. The zero-order valence-electron chi connectivity index (χ0n) is 9.28. The van der Waals surface area contributed by atoms with Crippen molar-refractivity contribution in [3.05, 3.63) is 24.2 Å². The zero-order valence-corrected chi connectivity index (χ0v) is 9.28. The third-order valence-electron chi connectivity index (χ3n) is 2.63. The van der Waals surface area contributed by atoms with Crippen molar-refractivity contribution in [1.82, 2.24) is 5.32 Å². The lowest BCUT2D eigenvalue weighted by atomic mass is 10.1. The number of hydrogen-bond acceptors (Lipinski definition) is 3. The van der Waals surface area contributed by atoms with Gasteiger partial charge in [-0.25, -0.2) is 0 Å². The second kappa shape index (κ2) is 5.17. The first-order valence-electron chi connectivity index (χ1n) is 4.96. The number of furan rings is 1. The molecule has 1 aromatic heterocycles. The fourth-order valence-electron chi connectivity index (χ4n) is 1.35. The summed E-state index contributed by atoms with van der Waals surface area (Å²) < 4.78 is 10.3. The molecule has 0 radical (unpaired) electrons. The van der Waals surface area contributed by atoms with Crippen LogP contribution in [0.3, 0.4) is 0 Å². The van der Waals surface area contributed by atoms with Crippen LogP contribution in [-0.4, -0.2) is 19.3 Å². The first-order valence-corrected chi connectivity index (χ1v) is 4.96. The lowest BCUT2D eigenvalue weighted by Gasteiger charge is -2.23. The van der Waals surface area contributed by atoms with Crippen LogP contribution in [0.4, 0.5) is 0 Å². The minimum Gasteiger partial charge on any atom is -0.472 e. The van der Waals surface area contributed by atoms with E-state index in [0.29, 0.717) is 12.1 Å². The molecule has 0 saturated carbocycles. The number of ether oxygens (including phenoxy) is 1. The van der Waals surface area contributed by atoms with E-state index in [9.17, 15) is 0 Å². The molecule has 80 valence electrons. The van der Waals surface area contributed by atoms with Gasteiger partial charge in [0.2, 0.25) is 0 Å². The highest BCUT2D eigenvalue weighted by atomic mass is 16.5. The van der Waals surface area contributed by atoms with Gasteiger partial charge < -0.3 is 14.5 Å². The molecule has 3 heteroatoms. The predicted octanol–water partition coefficient (Wildman–Crippen LogP) is 2.35. The van der Waals surface area contributed by atoms with Crippen LogP contribution in [0, 0.1) is 0 Å². The highest BCUT2D eigenvalue weighted by Gasteiger charge is 2.15. The van der Waals surface area contributed by atoms with E-state index in [-0.39, 0.29) is 6.10 Å². The van der Waals surface area contributed by atoms with Crippen molar-refractivity contribution >= 4 is 0 Å². The first kappa shape index (κ1) is 11.3. The van der Waals surface area contributed by atoms with Crippen LogP contribution in [0.1, 0.15) is 32.4 Å². The third kappa shape index (κ3) is 2.86. The molecule has 0 aliphatic heterocycles. The largest absolute Gasteiger partial charge is 0.472 e. The van der Waals surface area contributed by atoms with Gasteiger partial charge in [-0.3, -0.25) is 0 Å². The molecule has 3 unspecified atom stereocenters. The van der Waals surface area contributed by atoms with Gasteiger partial charge in [-0.2, -0.15) is 0 Å². The van der Waals surface area contributed by atoms with Crippen LogP contribution in [0.25, 0.3) is 0 Å². The molecule has 0 saturated heterocycles. The van der Waals surface area contributed by atoms with E-state index >= 15 is 0 Å². The van der Waals surface area contributed by atoms with E-state index < -0.39 is 0 Å². The average Bonchev–Trinajstić information content (AvgIpc) is 2.69. The van der Waals surface area contributed by atoms with Crippen LogP contribution in [0.2, 0.25) is 0 Å². The second-order valence-corrected chi connectivity index (χ2v) is 3.67. The van der Waals surface area contributed by atoms with Crippen molar-refractivity contribution in [1.29, 1.82) is 0 Å². The fraction of sp³-hybridized carbons (Fsp3) is 0.636. The van der Waals surface area contributed by atoms with Crippen LogP contribution >= 0.6 is 0 Å². The van der Waals surface area contributed by atoms with Crippen molar-refractivity contribution in [3.63, 3.8) is 0 Å². The molecule has 0 aliphatic carbocycles. The normalized spacial score (nSPS) is 17.7. The van der Waals surface area contributed by atoms with Gasteiger partial charge in [0.15, 0.2) is 0 Å². The van der Waals surface area contributed by atoms with E-state index in [2.05, 4.69) is 26.1 Å². The molecule has 1 rings (SSSR count). The summed E-state index contributed by atoms with van der Waals surface area (Å²) >= 11 is 0. The third-order valence-corrected chi connectivity index (χ3v) is 2.63. The van der Waals surface area contributed by atoms with Crippen LogP contribution < -0.4 is 5.32 Å². The summed E-state index contributed by atoms with van der Waals surface area (Å²) in [7, 11) is 1.73. The minimum atomic E-state index is 0.212. The van der Waals surface area contributed by atoms with E-state index in [1.165, 1.54) is 5.56 Å². The monoisotopic (exact) mass is 197 g/mol. The highest BCUT2D eigenvalue weighted by Crippen LogP contribution is 2.13. The molecule has 3 atom stereocenters. The Bertz CT molecular complexity index is 246. The second-order valence-electron chi connectivity index (χ2n) is 3.67. The zero-order chi connectivity index (χ0) is 10.6. The average molecular weight is 197 g/mol. The Balaban J connectivity index is 2.44. The summed E-state index contributed by atoms with van der Waals surface area (Å²) in [6, 6.07) is 2.59. The molecule has 0 amide bonds. The van der Waals surface area contributed by atoms with Gasteiger partial charge in [0.05, 0.1) is 18.6 Å². The molecule has 0 bridgehead atoms. The van der Waals surface area contributed by atoms with Gasteiger partial charge in [-0.05, 0) is 26.8 Å².